The number of aryl methyl sites for hydroxylation is 1. The molecule has 1 amide bonds. The number of nitrogens with zero attached hydrogens (tertiary/aromatic N) is 2. The molecule has 0 bridgehead atoms. The van der Waals surface area contributed by atoms with Crippen molar-refractivity contribution in [1.82, 2.24) is 10.2 Å². The summed E-state index contributed by atoms with van der Waals surface area (Å²) in [6, 6.07) is 10.3. The summed E-state index contributed by atoms with van der Waals surface area (Å²) in [4.78, 5) is 12.2. The van der Waals surface area contributed by atoms with Crippen LogP contribution in [0.3, 0.4) is 0 Å². The number of rotatable bonds is 4. The Hall–Kier alpha value is -2.64. The van der Waals surface area contributed by atoms with E-state index in [-0.39, 0.29) is 20.6 Å². The zero-order valence-corrected chi connectivity index (χ0v) is 15.0. The molecule has 26 heavy (non-hydrogen) atoms. The van der Waals surface area contributed by atoms with Gasteiger partial charge in [-0.3, -0.25) is 4.79 Å². The molecule has 0 spiro atoms. The normalized spacial score (nSPS) is 11.5. The Bertz CT molecular complexity index is 986. The van der Waals surface area contributed by atoms with Gasteiger partial charge in [0, 0.05) is 11.3 Å². The van der Waals surface area contributed by atoms with Crippen molar-refractivity contribution in [2.45, 2.75) is 6.92 Å². The highest BCUT2D eigenvalue weighted by atomic mass is 35.5. The van der Waals surface area contributed by atoms with E-state index >= 15 is 0 Å². The van der Waals surface area contributed by atoms with Crippen LogP contribution in [0.4, 0.5) is 14.5 Å². The Morgan fingerprint density at radius 1 is 1.12 bits per heavy atom. The van der Waals surface area contributed by atoms with Crippen LogP contribution in [-0.4, -0.2) is 16.1 Å². The van der Waals surface area contributed by atoms with Crippen molar-refractivity contribution in [3.05, 3.63) is 75.2 Å². The summed E-state index contributed by atoms with van der Waals surface area (Å²) in [5.41, 5.74) is 1.68. The molecule has 1 aromatic heterocycles. The monoisotopic (exact) mass is 391 g/mol. The van der Waals surface area contributed by atoms with Crippen LogP contribution in [-0.2, 0) is 0 Å². The first-order chi connectivity index (χ1) is 12.4. The predicted octanol–water partition coefficient (Wildman–Crippen LogP) is 5.11. The van der Waals surface area contributed by atoms with Crippen LogP contribution in [0.2, 0.25) is 0 Å². The number of benzene rings is 2. The number of aromatic nitrogens is 2. The van der Waals surface area contributed by atoms with E-state index in [1.807, 2.05) is 19.1 Å². The molecule has 1 N–H and O–H groups in total. The summed E-state index contributed by atoms with van der Waals surface area (Å²) < 4.78 is 26.9. The number of carbonyl (C=O) groups is 1. The number of carbonyl (C=O) groups excluding carboxylic acids is 1. The van der Waals surface area contributed by atoms with E-state index in [1.165, 1.54) is 6.08 Å². The highest BCUT2D eigenvalue weighted by Crippen LogP contribution is 2.26. The van der Waals surface area contributed by atoms with Gasteiger partial charge in [0.05, 0.1) is 5.03 Å². The molecular formula is C18H12ClF2N3OS. The van der Waals surface area contributed by atoms with Crippen molar-refractivity contribution < 1.29 is 13.6 Å². The average molecular weight is 392 g/mol. The Labute approximate surface area is 157 Å². The summed E-state index contributed by atoms with van der Waals surface area (Å²) in [6.45, 7) is 1.94. The number of amides is 1. The van der Waals surface area contributed by atoms with Gasteiger partial charge in [-0.05, 0) is 43.3 Å². The lowest BCUT2D eigenvalue weighted by atomic mass is 10.2. The minimum absolute atomic E-state index is 0.0177. The van der Waals surface area contributed by atoms with Gasteiger partial charge >= 0.3 is 0 Å². The molecule has 1 heterocycles. The first kappa shape index (κ1) is 18.2. The van der Waals surface area contributed by atoms with E-state index in [0.29, 0.717) is 5.69 Å². The fourth-order valence-electron chi connectivity index (χ4n) is 2.06. The molecule has 0 aliphatic rings. The molecule has 4 nitrogen and oxygen atoms in total. The van der Waals surface area contributed by atoms with Crippen LogP contribution in [0.5, 0.6) is 0 Å². The van der Waals surface area contributed by atoms with E-state index in [1.54, 1.807) is 12.1 Å². The standard InChI is InChI=1S/C18H12ClF2N3OS/c1-10-2-5-13(6-3-10)22-16(25)18-24-23-17(26-18)14(19)9-11-8-12(20)4-7-15(11)21/h2-9H,1H3,(H,22,25)/b14-9-. The maximum Gasteiger partial charge on any atom is 0.286 e. The Morgan fingerprint density at radius 3 is 2.54 bits per heavy atom. The van der Waals surface area contributed by atoms with Gasteiger partial charge in [0.2, 0.25) is 5.01 Å². The smallest absolute Gasteiger partial charge is 0.286 e. The van der Waals surface area contributed by atoms with Gasteiger partial charge in [-0.1, -0.05) is 40.6 Å². The predicted molar refractivity (Wildman–Crippen MR) is 99.1 cm³/mol. The molecular weight excluding hydrogens is 380 g/mol. The van der Waals surface area contributed by atoms with Crippen LogP contribution < -0.4 is 5.32 Å². The minimum atomic E-state index is -0.619. The molecule has 3 aromatic rings. The van der Waals surface area contributed by atoms with Crippen molar-refractivity contribution in [3.8, 4) is 0 Å². The average Bonchev–Trinajstić information content (AvgIpc) is 3.10. The quantitative estimate of drug-likeness (QED) is 0.672. The summed E-state index contributed by atoms with van der Waals surface area (Å²) in [7, 11) is 0. The summed E-state index contributed by atoms with van der Waals surface area (Å²) in [6.07, 6.45) is 1.24. The fourth-order valence-corrected chi connectivity index (χ4v) is 2.97. The molecule has 0 saturated carbocycles. The molecule has 0 aliphatic carbocycles. The highest BCUT2D eigenvalue weighted by Gasteiger charge is 2.15. The molecule has 0 radical (unpaired) electrons. The minimum Gasteiger partial charge on any atom is -0.320 e. The molecule has 0 fully saturated rings. The van der Waals surface area contributed by atoms with Crippen molar-refractivity contribution >= 4 is 45.6 Å². The second-order valence-electron chi connectivity index (χ2n) is 5.39. The third-order valence-corrected chi connectivity index (χ3v) is 4.73. The van der Waals surface area contributed by atoms with Crippen LogP contribution in [0, 0.1) is 18.6 Å². The Kier molecular flexibility index (Phi) is 5.39. The van der Waals surface area contributed by atoms with Crippen LogP contribution in [0.15, 0.2) is 42.5 Å². The SMILES string of the molecule is Cc1ccc(NC(=O)c2nnc(/C(Cl)=C/c3cc(F)ccc3F)s2)cc1. The Morgan fingerprint density at radius 2 is 1.81 bits per heavy atom. The third-order valence-electron chi connectivity index (χ3n) is 3.37. The molecule has 8 heteroatoms. The van der Waals surface area contributed by atoms with Crippen LogP contribution >= 0.6 is 22.9 Å². The fraction of sp³-hybridized carbons (Fsp3) is 0.0556. The molecule has 0 saturated heterocycles. The van der Waals surface area contributed by atoms with Crippen molar-refractivity contribution in [2.75, 3.05) is 5.32 Å². The molecule has 0 atom stereocenters. The molecule has 2 aromatic carbocycles. The topological polar surface area (TPSA) is 54.9 Å². The molecule has 3 rings (SSSR count). The largest absolute Gasteiger partial charge is 0.320 e. The molecule has 0 unspecified atom stereocenters. The van der Waals surface area contributed by atoms with Gasteiger partial charge in [-0.15, -0.1) is 10.2 Å². The van der Waals surface area contributed by atoms with Crippen LogP contribution in [0.25, 0.3) is 11.1 Å². The zero-order valence-electron chi connectivity index (χ0n) is 13.5. The van der Waals surface area contributed by atoms with E-state index < -0.39 is 17.5 Å². The van der Waals surface area contributed by atoms with Gasteiger partial charge in [0.1, 0.15) is 11.6 Å². The third kappa shape index (κ3) is 4.30. The highest BCUT2D eigenvalue weighted by molar-refractivity contribution is 7.15. The van der Waals surface area contributed by atoms with Crippen molar-refractivity contribution in [1.29, 1.82) is 0 Å². The summed E-state index contributed by atoms with van der Waals surface area (Å²) >= 11 is 7.06. The van der Waals surface area contributed by atoms with Crippen molar-refractivity contribution in [3.63, 3.8) is 0 Å². The van der Waals surface area contributed by atoms with Crippen LogP contribution in [0.1, 0.15) is 25.9 Å². The van der Waals surface area contributed by atoms with Gasteiger partial charge < -0.3 is 5.32 Å². The van der Waals surface area contributed by atoms with E-state index in [4.69, 9.17) is 11.6 Å². The van der Waals surface area contributed by atoms with E-state index in [2.05, 4.69) is 15.5 Å². The van der Waals surface area contributed by atoms with Gasteiger partial charge in [-0.2, -0.15) is 0 Å². The second kappa shape index (κ2) is 7.72. The molecule has 132 valence electrons. The number of hydrogen-bond donors (Lipinski definition) is 1. The van der Waals surface area contributed by atoms with Gasteiger partial charge in [-0.25, -0.2) is 8.78 Å². The summed E-state index contributed by atoms with van der Waals surface area (Å²) in [5.74, 6) is -1.64. The van der Waals surface area contributed by atoms with Crippen molar-refractivity contribution in [2.24, 2.45) is 0 Å². The lowest BCUT2D eigenvalue weighted by molar-refractivity contribution is 0.102. The zero-order chi connectivity index (χ0) is 18.7. The van der Waals surface area contributed by atoms with Gasteiger partial charge in [0.15, 0.2) is 5.01 Å². The van der Waals surface area contributed by atoms with E-state index in [9.17, 15) is 13.6 Å². The lowest BCUT2D eigenvalue weighted by Crippen LogP contribution is -2.11. The number of nitrogens with one attached hydrogen (secondary N) is 1. The second-order valence-corrected chi connectivity index (χ2v) is 6.78. The lowest BCUT2D eigenvalue weighted by Gasteiger charge is -2.02. The number of halogens is 3. The number of hydrogen-bond acceptors (Lipinski definition) is 4. The van der Waals surface area contributed by atoms with E-state index in [0.717, 1.165) is 35.1 Å². The molecule has 0 aliphatic heterocycles. The first-order valence-corrected chi connectivity index (χ1v) is 8.66. The number of anilines is 1. The summed E-state index contributed by atoms with van der Waals surface area (Å²) in [5, 5.41) is 10.7. The maximum absolute atomic E-state index is 13.7. The first-order valence-electron chi connectivity index (χ1n) is 7.46. The Balaban J connectivity index is 1.78. The van der Waals surface area contributed by atoms with Gasteiger partial charge in [0.25, 0.3) is 5.91 Å². The maximum atomic E-state index is 13.7.